The van der Waals surface area contributed by atoms with Crippen molar-refractivity contribution >= 4 is 17.1 Å². The molecule has 2 atom stereocenters. The van der Waals surface area contributed by atoms with E-state index >= 15 is 0 Å². The van der Waals surface area contributed by atoms with E-state index in [9.17, 15) is 18.7 Å². The molecule has 0 bridgehead atoms. The molecule has 1 saturated heterocycles. The lowest BCUT2D eigenvalue weighted by atomic mass is 9.91. The monoisotopic (exact) mass is 422 g/mol. The van der Waals surface area contributed by atoms with Gasteiger partial charge in [-0.2, -0.15) is 0 Å². The Balaban J connectivity index is 1.86. The fourth-order valence-electron chi connectivity index (χ4n) is 3.56. The zero-order valence-corrected chi connectivity index (χ0v) is 16.5. The molecule has 31 heavy (non-hydrogen) atoms. The minimum absolute atomic E-state index is 0.0262. The van der Waals surface area contributed by atoms with Gasteiger partial charge in [0, 0.05) is 12.0 Å². The van der Waals surface area contributed by atoms with Gasteiger partial charge in [-0.3, -0.25) is 4.79 Å². The highest BCUT2D eigenvalue weighted by atomic mass is 19.1. The summed E-state index contributed by atoms with van der Waals surface area (Å²) in [5, 5.41) is 9.88. The molecule has 2 heterocycles. The topological polar surface area (TPSA) is 59.7 Å². The second-order valence-corrected chi connectivity index (χ2v) is 7.26. The van der Waals surface area contributed by atoms with Crippen molar-refractivity contribution in [2.75, 3.05) is 0 Å². The first-order chi connectivity index (χ1) is 15.0. The van der Waals surface area contributed by atoms with Gasteiger partial charge in [-0.15, -0.1) is 0 Å². The molecule has 0 spiro atoms. The summed E-state index contributed by atoms with van der Waals surface area (Å²) in [6.45, 7) is 0. The van der Waals surface area contributed by atoms with Crippen LogP contribution in [0, 0.1) is 11.6 Å². The number of halogens is 2. The minimum atomic E-state index is -0.763. The molecule has 0 saturated carbocycles. The summed E-state index contributed by atoms with van der Waals surface area (Å²) in [5.41, 5.74) is 2.72. The zero-order valence-electron chi connectivity index (χ0n) is 16.5. The van der Waals surface area contributed by atoms with E-state index in [2.05, 4.69) is 0 Å². The third-order valence-electron chi connectivity index (χ3n) is 4.99. The van der Waals surface area contributed by atoms with Gasteiger partial charge in [0.15, 0.2) is 0 Å². The van der Waals surface area contributed by atoms with Crippen molar-refractivity contribution in [3.05, 3.63) is 108 Å². The van der Waals surface area contributed by atoms with Crippen molar-refractivity contribution in [3.8, 4) is 0 Å². The van der Waals surface area contributed by atoms with Crippen LogP contribution in [0.4, 0.5) is 8.78 Å². The number of benzene rings is 2. The maximum atomic E-state index is 13.6. The molecule has 1 aliphatic heterocycles. The van der Waals surface area contributed by atoms with Crippen LogP contribution in [0.15, 0.2) is 83.5 Å². The number of aliphatic hydroxyl groups excluding tert-OH is 1. The Kier molecular flexibility index (Phi) is 6.09. The number of aliphatic hydroxyl groups is 1. The van der Waals surface area contributed by atoms with Crippen LogP contribution < -0.4 is 0 Å². The molecule has 158 valence electrons. The van der Waals surface area contributed by atoms with E-state index in [-0.39, 0.29) is 24.5 Å². The Morgan fingerprint density at radius 1 is 0.968 bits per heavy atom. The highest BCUT2D eigenvalue weighted by molar-refractivity contribution is 6.01. The van der Waals surface area contributed by atoms with E-state index in [0.717, 1.165) is 0 Å². The van der Waals surface area contributed by atoms with Gasteiger partial charge in [0.1, 0.15) is 23.5 Å². The number of furan rings is 1. The van der Waals surface area contributed by atoms with Crippen LogP contribution in [0.2, 0.25) is 0 Å². The lowest BCUT2D eigenvalue weighted by molar-refractivity contribution is -0.156. The number of ether oxygens (including phenoxy) is 1. The standard InChI is InChI=1S/C25H20F2O4/c26-18-7-3-16(4-8-18)25(17-5-9-19(27)10-6-17)22(23-2-1-13-30-23)12-11-21-14-20(28)15-24(29)31-21/h1-13,20-21,28H,14-15H2/b12-11+/t20-,21-/m0/s1. The van der Waals surface area contributed by atoms with E-state index in [0.29, 0.717) is 28.0 Å². The first-order valence-electron chi connectivity index (χ1n) is 9.85. The second-order valence-electron chi connectivity index (χ2n) is 7.26. The summed E-state index contributed by atoms with van der Waals surface area (Å²) < 4.78 is 38.1. The van der Waals surface area contributed by atoms with Crippen LogP contribution >= 0.6 is 0 Å². The van der Waals surface area contributed by atoms with Gasteiger partial charge < -0.3 is 14.3 Å². The minimum Gasteiger partial charge on any atom is -0.464 e. The fourth-order valence-corrected chi connectivity index (χ4v) is 3.56. The fraction of sp³-hybridized carbons (Fsp3) is 0.160. The number of carbonyl (C=O) groups is 1. The van der Waals surface area contributed by atoms with Gasteiger partial charge in [0.05, 0.1) is 18.8 Å². The summed E-state index contributed by atoms with van der Waals surface area (Å²) in [5.74, 6) is -0.683. The molecule has 0 unspecified atom stereocenters. The molecule has 0 aliphatic carbocycles. The smallest absolute Gasteiger partial charge is 0.309 e. The Labute approximate surface area is 178 Å². The summed E-state index contributed by atoms with van der Waals surface area (Å²) in [6.07, 6.45) is 3.87. The molecular weight excluding hydrogens is 402 g/mol. The number of allylic oxidation sites excluding steroid dienone is 2. The van der Waals surface area contributed by atoms with Gasteiger partial charge in [0.25, 0.3) is 0 Å². The molecule has 1 aliphatic rings. The Bertz CT molecular complexity index is 1050. The summed E-state index contributed by atoms with van der Waals surface area (Å²) >= 11 is 0. The SMILES string of the molecule is O=C1C[C@@H](O)C[C@H](/C=C/C(=C(c2ccc(F)cc2)c2ccc(F)cc2)c2ccco2)O1. The van der Waals surface area contributed by atoms with Crippen LogP contribution in [-0.2, 0) is 9.53 Å². The largest absolute Gasteiger partial charge is 0.464 e. The zero-order chi connectivity index (χ0) is 21.8. The van der Waals surface area contributed by atoms with E-state index < -0.39 is 18.2 Å². The molecule has 4 nitrogen and oxygen atoms in total. The number of carbonyl (C=O) groups excluding carboxylic acids is 1. The van der Waals surface area contributed by atoms with Crippen LogP contribution in [-0.4, -0.2) is 23.3 Å². The highest BCUT2D eigenvalue weighted by Gasteiger charge is 2.25. The molecule has 6 heteroatoms. The number of esters is 1. The van der Waals surface area contributed by atoms with Gasteiger partial charge in [0.2, 0.25) is 0 Å². The van der Waals surface area contributed by atoms with E-state index in [1.807, 2.05) is 0 Å². The van der Waals surface area contributed by atoms with Crippen molar-refractivity contribution in [3.63, 3.8) is 0 Å². The lowest BCUT2D eigenvalue weighted by Crippen LogP contribution is -2.31. The molecule has 2 aromatic carbocycles. The average Bonchev–Trinajstić information content (AvgIpc) is 3.27. The van der Waals surface area contributed by atoms with E-state index in [4.69, 9.17) is 9.15 Å². The molecule has 1 N–H and O–H groups in total. The molecule has 0 amide bonds. The average molecular weight is 422 g/mol. The molecule has 0 radical (unpaired) electrons. The van der Waals surface area contributed by atoms with Crippen molar-refractivity contribution in [2.45, 2.75) is 25.0 Å². The number of hydrogen-bond acceptors (Lipinski definition) is 4. The van der Waals surface area contributed by atoms with Crippen molar-refractivity contribution in [1.82, 2.24) is 0 Å². The van der Waals surface area contributed by atoms with Crippen LogP contribution in [0.1, 0.15) is 29.7 Å². The predicted molar refractivity (Wildman–Crippen MR) is 112 cm³/mol. The maximum Gasteiger partial charge on any atom is 0.309 e. The predicted octanol–water partition coefficient (Wildman–Crippen LogP) is 5.14. The second kappa shape index (κ2) is 9.10. The molecule has 3 aromatic rings. The third-order valence-corrected chi connectivity index (χ3v) is 4.99. The quantitative estimate of drug-likeness (QED) is 0.457. The molecule has 4 rings (SSSR count). The first-order valence-corrected chi connectivity index (χ1v) is 9.85. The van der Waals surface area contributed by atoms with Crippen LogP contribution in [0.5, 0.6) is 0 Å². The van der Waals surface area contributed by atoms with Gasteiger partial charge in [-0.05, 0) is 59.2 Å². The number of hydrogen-bond donors (Lipinski definition) is 1. The number of rotatable bonds is 5. The summed E-state index contributed by atoms with van der Waals surface area (Å²) in [6, 6.07) is 15.4. The van der Waals surface area contributed by atoms with Crippen LogP contribution in [0.3, 0.4) is 0 Å². The van der Waals surface area contributed by atoms with Crippen molar-refractivity contribution < 1.29 is 27.8 Å². The Morgan fingerprint density at radius 3 is 2.10 bits per heavy atom. The van der Waals surface area contributed by atoms with E-state index in [1.165, 1.54) is 30.5 Å². The summed E-state index contributed by atoms with van der Waals surface area (Å²) in [4.78, 5) is 11.7. The Morgan fingerprint density at radius 2 is 1.58 bits per heavy atom. The Hall–Kier alpha value is -3.51. The normalized spacial score (nSPS) is 18.7. The molecular formula is C25H20F2O4. The summed E-state index contributed by atoms with van der Waals surface area (Å²) in [7, 11) is 0. The first kappa shape index (κ1) is 20.8. The van der Waals surface area contributed by atoms with Crippen molar-refractivity contribution in [2.24, 2.45) is 0 Å². The number of cyclic esters (lactones) is 1. The van der Waals surface area contributed by atoms with Gasteiger partial charge in [-0.25, -0.2) is 8.78 Å². The molecule has 1 aromatic heterocycles. The lowest BCUT2D eigenvalue weighted by Gasteiger charge is -2.23. The molecule has 1 fully saturated rings. The van der Waals surface area contributed by atoms with E-state index in [1.54, 1.807) is 48.6 Å². The third kappa shape index (κ3) is 4.98. The van der Waals surface area contributed by atoms with Crippen molar-refractivity contribution in [1.29, 1.82) is 0 Å². The highest BCUT2D eigenvalue weighted by Crippen LogP contribution is 2.34. The maximum absolute atomic E-state index is 13.6. The van der Waals surface area contributed by atoms with Crippen LogP contribution in [0.25, 0.3) is 11.1 Å². The van der Waals surface area contributed by atoms with Gasteiger partial charge in [-0.1, -0.05) is 30.3 Å². The van der Waals surface area contributed by atoms with Gasteiger partial charge >= 0.3 is 5.97 Å².